The van der Waals surface area contributed by atoms with E-state index >= 15 is 0 Å². The molecule has 0 radical (unpaired) electrons. The molecule has 1 aliphatic carbocycles. The van der Waals surface area contributed by atoms with Crippen molar-refractivity contribution < 1.29 is 70.1 Å². The maximum absolute atomic E-state index is 13.5. The van der Waals surface area contributed by atoms with E-state index in [0.29, 0.717) is 55.7 Å². The van der Waals surface area contributed by atoms with Crippen molar-refractivity contribution in [1.29, 1.82) is 0 Å². The number of imidazole rings is 1. The smallest absolute Gasteiger partial charge is 0.748 e. The molecule has 1 aromatic carbocycles. The van der Waals surface area contributed by atoms with E-state index in [0.717, 1.165) is 25.7 Å². The first-order valence-corrected chi connectivity index (χ1v) is 20.6. The Morgan fingerprint density at radius 3 is 2.42 bits per heavy atom. The number of unbranched alkanes of at least 4 members (excludes halogenated alkanes) is 3. The summed E-state index contributed by atoms with van der Waals surface area (Å²) in [7, 11) is -5.19. The Balaban J connectivity index is 0.00000756. The molecule has 2 unspecified atom stereocenters. The number of carbonyl (C=O) groups is 2. The van der Waals surface area contributed by atoms with Crippen LogP contribution in [-0.4, -0.2) is 78.7 Å². The molecule has 2 atom stereocenters. The fraction of sp³-hybridized carbons (Fsp3) is 0.543. The molecule has 0 saturated heterocycles. The number of benzene rings is 1. The van der Waals surface area contributed by atoms with Gasteiger partial charge in [0.1, 0.15) is 11.5 Å². The molecule has 0 spiro atoms. The molecule has 286 valence electrons. The summed E-state index contributed by atoms with van der Waals surface area (Å²) < 4.78 is 67.8. The number of amides is 2. The minimum Gasteiger partial charge on any atom is -0.748 e. The Morgan fingerprint density at radius 2 is 1.81 bits per heavy atom. The first-order chi connectivity index (χ1) is 24.6. The molecular formula is C35H48N5NaO10S2. The number of aromatic hydroxyl groups is 1. The Bertz CT molecular complexity index is 1980. The van der Waals surface area contributed by atoms with Crippen LogP contribution >= 0.6 is 0 Å². The SMILES string of the molecule is CCC(CCNC(=O)CCCCCCC(=O)N(C)CCS(=O)(=O)[O-])c1cc(O)c(C(c2cccc(NS(=O)(=O)c3cn(C)cn3)c2)C2CC2)c(=O)o1.[Na+]. The second-order valence-electron chi connectivity index (χ2n) is 13.4. The first kappa shape index (κ1) is 44.2. The fourth-order valence-electron chi connectivity index (χ4n) is 6.13. The van der Waals surface area contributed by atoms with Gasteiger partial charge in [0.15, 0.2) is 5.03 Å². The zero-order valence-electron chi connectivity index (χ0n) is 30.7. The molecule has 18 heteroatoms. The van der Waals surface area contributed by atoms with E-state index in [2.05, 4.69) is 15.0 Å². The van der Waals surface area contributed by atoms with Crippen molar-refractivity contribution in [3.8, 4) is 5.75 Å². The van der Waals surface area contributed by atoms with Crippen LogP contribution in [0.1, 0.15) is 99.9 Å². The molecule has 1 aliphatic rings. The van der Waals surface area contributed by atoms with Gasteiger partial charge in [-0.2, -0.15) is 8.42 Å². The van der Waals surface area contributed by atoms with Crippen LogP contribution in [0.5, 0.6) is 5.75 Å². The summed E-state index contributed by atoms with van der Waals surface area (Å²) in [5, 5.41) is 14.0. The molecule has 3 N–H and O–H groups in total. The second kappa shape index (κ2) is 19.9. The van der Waals surface area contributed by atoms with Crippen LogP contribution in [0, 0.1) is 5.92 Å². The van der Waals surface area contributed by atoms with E-state index in [9.17, 15) is 40.9 Å². The van der Waals surface area contributed by atoms with Crippen molar-refractivity contribution in [2.24, 2.45) is 13.0 Å². The number of aryl methyl sites for hydroxylation is 1. The van der Waals surface area contributed by atoms with Crippen molar-refractivity contribution in [3.63, 3.8) is 0 Å². The number of nitrogens with zero attached hydrogens (tertiary/aromatic N) is 3. The number of hydrogen-bond acceptors (Lipinski definition) is 11. The predicted molar refractivity (Wildman–Crippen MR) is 192 cm³/mol. The summed E-state index contributed by atoms with van der Waals surface area (Å²) in [5.41, 5.74) is 0.443. The largest absolute Gasteiger partial charge is 1.00 e. The Kier molecular flexibility index (Phi) is 16.6. The third-order valence-electron chi connectivity index (χ3n) is 9.20. The third-order valence-corrected chi connectivity index (χ3v) is 11.1. The van der Waals surface area contributed by atoms with Crippen molar-refractivity contribution in [2.45, 2.75) is 88.0 Å². The number of aromatic nitrogens is 2. The Labute approximate surface area is 333 Å². The molecule has 2 heterocycles. The van der Waals surface area contributed by atoms with Gasteiger partial charge in [-0.05, 0) is 62.1 Å². The summed E-state index contributed by atoms with van der Waals surface area (Å²) in [4.78, 5) is 43.1. The fourth-order valence-corrected chi connectivity index (χ4v) is 7.66. The van der Waals surface area contributed by atoms with Crippen molar-refractivity contribution >= 4 is 37.6 Å². The topological polar surface area (TPSA) is 221 Å². The van der Waals surface area contributed by atoms with Crippen molar-refractivity contribution in [2.75, 3.05) is 30.6 Å². The maximum Gasteiger partial charge on any atom is 1.00 e. The molecule has 53 heavy (non-hydrogen) atoms. The molecule has 2 amide bonds. The molecule has 15 nitrogen and oxygen atoms in total. The van der Waals surface area contributed by atoms with E-state index < -0.39 is 37.4 Å². The van der Waals surface area contributed by atoms with Gasteiger partial charge in [0.05, 0.1) is 27.8 Å². The van der Waals surface area contributed by atoms with Crippen LogP contribution in [0.2, 0.25) is 0 Å². The van der Waals surface area contributed by atoms with Crippen LogP contribution in [0.4, 0.5) is 5.69 Å². The number of anilines is 1. The average Bonchev–Trinajstić information content (AvgIpc) is 3.81. The normalized spacial score (nSPS) is 14.2. The number of hydrogen-bond donors (Lipinski definition) is 3. The van der Waals surface area contributed by atoms with Crippen LogP contribution < -0.4 is 45.2 Å². The molecule has 2 aromatic heterocycles. The zero-order chi connectivity index (χ0) is 38.1. The summed E-state index contributed by atoms with van der Waals surface area (Å²) >= 11 is 0. The number of sulfonamides is 1. The predicted octanol–water partition coefficient (Wildman–Crippen LogP) is 0.770. The van der Waals surface area contributed by atoms with Crippen LogP contribution in [0.25, 0.3) is 0 Å². The first-order valence-electron chi connectivity index (χ1n) is 17.5. The van der Waals surface area contributed by atoms with E-state index in [1.165, 1.54) is 35.1 Å². The number of nitrogens with one attached hydrogen (secondary N) is 2. The Morgan fingerprint density at radius 1 is 1.11 bits per heavy atom. The molecule has 1 saturated carbocycles. The molecule has 1 fully saturated rings. The zero-order valence-corrected chi connectivity index (χ0v) is 34.4. The molecular weight excluding hydrogens is 738 g/mol. The maximum atomic E-state index is 13.5. The van der Waals surface area contributed by atoms with Gasteiger partial charge in [-0.25, -0.2) is 18.2 Å². The van der Waals surface area contributed by atoms with Crippen molar-refractivity contribution in [1.82, 2.24) is 19.8 Å². The minimum atomic E-state index is -4.38. The summed E-state index contributed by atoms with van der Waals surface area (Å²) in [5.74, 6) is -1.49. The molecule has 0 aliphatic heterocycles. The quantitative estimate of drug-likeness (QED) is 0.0778. The standard InChI is InChI=1S/C35H49N5O10S2.Na/c1-4-24(16-17-36-30(42)12-7-5-6-8-13-32(43)40(3)18-19-51(45,46)47)29-21-28(41)34(35(44)50-29)33(25-14-15-25)26-10-9-11-27(20-26)38-52(48,49)31-22-39(2)23-37-31;/h9-11,20-25,33,38,41H,4-8,12-19H2,1-3H3,(H,36,42)(H,45,46,47);/q;+1/p-1. The van der Waals surface area contributed by atoms with Crippen LogP contribution in [0.15, 0.2) is 57.1 Å². The van der Waals surface area contributed by atoms with Gasteiger partial charge in [0.25, 0.3) is 10.0 Å². The van der Waals surface area contributed by atoms with Gasteiger partial charge >= 0.3 is 35.2 Å². The van der Waals surface area contributed by atoms with Crippen molar-refractivity contribution in [3.05, 3.63) is 70.2 Å². The van der Waals surface area contributed by atoms with Gasteiger partial charge in [-0.3, -0.25) is 14.3 Å². The van der Waals surface area contributed by atoms with Gasteiger partial charge in [0, 0.05) is 69.8 Å². The van der Waals surface area contributed by atoms with Gasteiger partial charge in [-0.15, -0.1) is 0 Å². The third kappa shape index (κ3) is 13.5. The summed E-state index contributed by atoms with van der Waals surface area (Å²) in [6.07, 6.45) is 8.77. The Hall–Kier alpha value is -3.22. The summed E-state index contributed by atoms with van der Waals surface area (Å²) in [6, 6.07) is 8.23. The molecule has 4 rings (SSSR count). The van der Waals surface area contributed by atoms with Gasteiger partial charge < -0.3 is 28.9 Å². The molecule has 3 aromatic rings. The molecule has 0 bridgehead atoms. The second-order valence-corrected chi connectivity index (χ2v) is 16.5. The van der Waals surface area contributed by atoms with Gasteiger partial charge in [-0.1, -0.05) is 31.9 Å². The average molecular weight is 786 g/mol. The summed E-state index contributed by atoms with van der Waals surface area (Å²) in [6.45, 7) is 2.13. The van der Waals surface area contributed by atoms with E-state index in [-0.39, 0.29) is 82.5 Å². The van der Waals surface area contributed by atoms with Crippen LogP contribution in [-0.2, 0) is 36.8 Å². The van der Waals surface area contributed by atoms with E-state index in [1.54, 1.807) is 31.3 Å². The van der Waals surface area contributed by atoms with Gasteiger partial charge in [0.2, 0.25) is 11.8 Å². The minimum absolute atomic E-state index is 0. The van der Waals surface area contributed by atoms with E-state index in [4.69, 9.17) is 4.42 Å². The number of rotatable bonds is 21. The number of carbonyl (C=O) groups excluding carboxylic acids is 2. The monoisotopic (exact) mass is 785 g/mol. The van der Waals surface area contributed by atoms with E-state index in [1.807, 2.05) is 6.92 Å². The van der Waals surface area contributed by atoms with Crippen LogP contribution in [0.3, 0.4) is 0 Å².